The van der Waals surface area contributed by atoms with Crippen molar-refractivity contribution in [1.29, 1.82) is 0 Å². The number of hydrogen-bond donors (Lipinski definition) is 0. The molecule has 0 saturated carbocycles. The number of halogens is 3. The van der Waals surface area contributed by atoms with E-state index in [0.29, 0.717) is 13.0 Å². The predicted octanol–water partition coefficient (Wildman–Crippen LogP) is 2.52. The lowest BCUT2D eigenvalue weighted by Gasteiger charge is -2.17. The maximum Gasteiger partial charge on any atom is 0.416 e. The van der Waals surface area contributed by atoms with Crippen LogP contribution in [-0.2, 0) is 31.5 Å². The second-order valence-electron chi connectivity index (χ2n) is 5.61. The summed E-state index contributed by atoms with van der Waals surface area (Å²) < 4.78 is 68.9. The van der Waals surface area contributed by atoms with E-state index >= 15 is 0 Å². The molecular weight excluding hydrogens is 379 g/mol. The Balaban J connectivity index is 1.99. The van der Waals surface area contributed by atoms with Crippen LogP contribution >= 0.6 is 11.8 Å². The van der Waals surface area contributed by atoms with E-state index in [0.717, 1.165) is 12.1 Å². The highest BCUT2D eigenvalue weighted by Crippen LogP contribution is 2.31. The summed E-state index contributed by atoms with van der Waals surface area (Å²) in [5.74, 6) is -0.719. The van der Waals surface area contributed by atoms with E-state index in [1.165, 1.54) is 35.3 Å². The lowest BCUT2D eigenvalue weighted by molar-refractivity contribution is -0.138. The Morgan fingerprint density at radius 1 is 1.40 bits per heavy atom. The van der Waals surface area contributed by atoms with Gasteiger partial charge in [-0.15, -0.1) is 11.8 Å². The molecule has 0 N–H and O–H groups in total. The Kier molecular flexibility index (Phi) is 6.39. The first kappa shape index (κ1) is 20.1. The van der Waals surface area contributed by atoms with Gasteiger partial charge in [0.15, 0.2) is 0 Å². The topological polar surface area (TPSA) is 63.7 Å². The summed E-state index contributed by atoms with van der Waals surface area (Å²) in [6.07, 6.45) is -3.92. The normalized spacial score (nSPS) is 19.1. The number of esters is 1. The van der Waals surface area contributed by atoms with E-state index in [1.54, 1.807) is 0 Å². The van der Waals surface area contributed by atoms with E-state index < -0.39 is 27.5 Å². The SMILES string of the molecule is COC(=O)CS[C@@H]1CCN(S(=O)(=O)Cc2cccc(C(F)(F)F)c2)C1. The first-order valence-electron chi connectivity index (χ1n) is 7.44. The van der Waals surface area contributed by atoms with E-state index in [2.05, 4.69) is 4.74 Å². The molecule has 0 bridgehead atoms. The second-order valence-corrected chi connectivity index (χ2v) is 8.87. The van der Waals surface area contributed by atoms with E-state index in [1.807, 2.05) is 0 Å². The Bertz CT molecular complexity index is 722. The number of thioether (sulfide) groups is 1. The Morgan fingerprint density at radius 3 is 2.76 bits per heavy atom. The molecule has 0 aromatic heterocycles. The molecule has 2 rings (SSSR count). The fraction of sp³-hybridized carbons (Fsp3) is 0.533. The molecule has 1 fully saturated rings. The molecule has 140 valence electrons. The van der Waals surface area contributed by atoms with Crippen LogP contribution < -0.4 is 0 Å². The number of hydrogen-bond acceptors (Lipinski definition) is 5. The third-order valence-corrected chi connectivity index (χ3v) is 6.84. The molecule has 1 aromatic carbocycles. The van der Waals surface area contributed by atoms with Crippen LogP contribution in [0.3, 0.4) is 0 Å². The van der Waals surface area contributed by atoms with E-state index in [9.17, 15) is 26.4 Å². The fourth-order valence-corrected chi connectivity index (χ4v) is 5.19. The van der Waals surface area contributed by atoms with Crippen LogP contribution in [0, 0.1) is 0 Å². The Labute approximate surface area is 148 Å². The Hall–Kier alpha value is -1.26. The molecule has 25 heavy (non-hydrogen) atoms. The number of sulfonamides is 1. The molecule has 0 spiro atoms. The summed E-state index contributed by atoms with van der Waals surface area (Å²) in [7, 11) is -2.43. The average Bonchev–Trinajstić information content (AvgIpc) is 3.01. The quantitative estimate of drug-likeness (QED) is 0.691. The third kappa shape index (κ3) is 5.61. The molecule has 0 radical (unpaired) electrons. The molecule has 5 nitrogen and oxygen atoms in total. The molecular formula is C15H18F3NO4S2. The second kappa shape index (κ2) is 7.96. The number of carbonyl (C=O) groups is 1. The highest BCUT2D eigenvalue weighted by Gasteiger charge is 2.33. The van der Waals surface area contributed by atoms with Gasteiger partial charge in [0, 0.05) is 18.3 Å². The predicted molar refractivity (Wildman–Crippen MR) is 88.5 cm³/mol. The number of benzene rings is 1. The van der Waals surface area contributed by atoms with Gasteiger partial charge in [-0.05, 0) is 18.1 Å². The first-order valence-corrected chi connectivity index (χ1v) is 10.1. The summed E-state index contributed by atoms with van der Waals surface area (Å²) in [4.78, 5) is 11.1. The smallest absolute Gasteiger partial charge is 0.416 e. The largest absolute Gasteiger partial charge is 0.468 e. The zero-order valence-corrected chi connectivity index (χ0v) is 15.1. The number of rotatable bonds is 6. The summed E-state index contributed by atoms with van der Waals surface area (Å²) in [5, 5.41) is -0.0321. The molecule has 0 amide bonds. The minimum absolute atomic E-state index is 0.0321. The van der Waals surface area contributed by atoms with Gasteiger partial charge in [-0.25, -0.2) is 12.7 Å². The minimum Gasteiger partial charge on any atom is -0.468 e. The van der Waals surface area contributed by atoms with Crippen molar-refractivity contribution in [2.45, 2.75) is 23.6 Å². The van der Waals surface area contributed by atoms with E-state index in [4.69, 9.17) is 0 Å². The van der Waals surface area contributed by atoms with Crippen molar-refractivity contribution in [3.05, 3.63) is 35.4 Å². The van der Waals surface area contributed by atoms with Crippen molar-refractivity contribution in [2.24, 2.45) is 0 Å². The summed E-state index contributed by atoms with van der Waals surface area (Å²) >= 11 is 1.32. The van der Waals surface area contributed by atoms with Crippen molar-refractivity contribution in [3.63, 3.8) is 0 Å². The van der Waals surface area contributed by atoms with Crippen LogP contribution in [0.15, 0.2) is 24.3 Å². The number of ether oxygens (including phenoxy) is 1. The number of carbonyl (C=O) groups excluding carboxylic acids is 1. The molecule has 1 atom stereocenters. The van der Waals surface area contributed by atoms with Crippen molar-refractivity contribution < 1.29 is 31.1 Å². The number of methoxy groups -OCH3 is 1. The van der Waals surface area contributed by atoms with Crippen LogP contribution in [0.2, 0.25) is 0 Å². The maximum atomic E-state index is 12.7. The fourth-order valence-electron chi connectivity index (χ4n) is 2.47. The molecule has 1 aliphatic heterocycles. The van der Waals surface area contributed by atoms with Crippen LogP contribution in [0.5, 0.6) is 0 Å². The zero-order chi connectivity index (χ0) is 18.7. The van der Waals surface area contributed by atoms with Crippen molar-refractivity contribution in [2.75, 3.05) is 26.0 Å². The molecule has 1 heterocycles. The standard InChI is InChI=1S/C15H18F3NO4S2/c1-23-14(20)9-24-13-5-6-19(8-13)25(21,22)10-11-3-2-4-12(7-11)15(16,17)18/h2-4,7,13H,5-6,8-10H2,1H3/t13-/m1/s1. The van der Waals surface area contributed by atoms with Crippen molar-refractivity contribution in [3.8, 4) is 0 Å². The Morgan fingerprint density at radius 2 is 2.12 bits per heavy atom. The van der Waals surface area contributed by atoms with Gasteiger partial charge in [0.05, 0.1) is 24.2 Å². The number of nitrogens with zero attached hydrogens (tertiary/aromatic N) is 1. The van der Waals surface area contributed by atoms with Crippen LogP contribution in [-0.4, -0.2) is 49.9 Å². The lowest BCUT2D eigenvalue weighted by atomic mass is 10.1. The molecule has 10 heteroatoms. The summed E-state index contributed by atoms with van der Waals surface area (Å²) in [6, 6.07) is 4.33. The van der Waals surface area contributed by atoms with Crippen molar-refractivity contribution in [1.82, 2.24) is 4.31 Å². The molecule has 0 aliphatic carbocycles. The summed E-state index contributed by atoms with van der Waals surface area (Å²) in [5.41, 5.74) is -0.770. The zero-order valence-electron chi connectivity index (χ0n) is 13.5. The van der Waals surface area contributed by atoms with Crippen LogP contribution in [0.25, 0.3) is 0 Å². The molecule has 1 saturated heterocycles. The van der Waals surface area contributed by atoms with Crippen LogP contribution in [0.4, 0.5) is 13.2 Å². The van der Waals surface area contributed by atoms with Gasteiger partial charge in [0.2, 0.25) is 10.0 Å². The van der Waals surface area contributed by atoms with E-state index in [-0.39, 0.29) is 29.1 Å². The monoisotopic (exact) mass is 397 g/mol. The molecule has 1 aliphatic rings. The van der Waals surface area contributed by atoms with Gasteiger partial charge < -0.3 is 4.74 Å². The third-order valence-electron chi connectivity index (χ3n) is 3.77. The molecule has 0 unspecified atom stereocenters. The van der Waals surface area contributed by atoms with Gasteiger partial charge in [-0.1, -0.05) is 18.2 Å². The summed E-state index contributed by atoms with van der Waals surface area (Å²) in [6.45, 7) is 0.531. The van der Waals surface area contributed by atoms with Gasteiger partial charge in [0.1, 0.15) is 0 Å². The van der Waals surface area contributed by atoms with Gasteiger partial charge >= 0.3 is 12.1 Å². The first-order chi connectivity index (χ1) is 11.6. The maximum absolute atomic E-state index is 12.7. The number of alkyl halides is 3. The highest BCUT2D eigenvalue weighted by atomic mass is 32.2. The van der Waals surface area contributed by atoms with Gasteiger partial charge in [0.25, 0.3) is 0 Å². The van der Waals surface area contributed by atoms with Gasteiger partial charge in [-0.2, -0.15) is 13.2 Å². The molecule has 1 aromatic rings. The highest BCUT2D eigenvalue weighted by molar-refractivity contribution is 8.00. The lowest BCUT2D eigenvalue weighted by Crippen LogP contribution is -2.30. The minimum atomic E-state index is -4.51. The van der Waals surface area contributed by atoms with Crippen LogP contribution in [0.1, 0.15) is 17.5 Å². The average molecular weight is 397 g/mol. The van der Waals surface area contributed by atoms with Crippen molar-refractivity contribution >= 4 is 27.8 Å². The van der Waals surface area contributed by atoms with Gasteiger partial charge in [-0.3, -0.25) is 4.79 Å².